The minimum atomic E-state index is -2.37. The first-order valence-corrected chi connectivity index (χ1v) is 8.08. The lowest BCUT2D eigenvalue weighted by Gasteiger charge is -2.27. The molecule has 0 fully saturated rings. The molecular formula is C15H21F2NO2S. The molecule has 0 aliphatic heterocycles. The van der Waals surface area contributed by atoms with Gasteiger partial charge in [-0.3, -0.25) is 0 Å². The number of aliphatic hydroxyl groups excluding tert-OH is 1. The van der Waals surface area contributed by atoms with Crippen LogP contribution in [0.15, 0.2) is 23.1 Å². The molecule has 0 bridgehead atoms. The molecule has 1 aromatic carbocycles. The number of benzene rings is 1. The van der Waals surface area contributed by atoms with Crippen molar-refractivity contribution in [1.82, 2.24) is 5.32 Å². The van der Waals surface area contributed by atoms with Gasteiger partial charge in [0.05, 0.1) is 19.8 Å². The average Bonchev–Trinajstić information content (AvgIpc) is 2.46. The SMILES string of the molecule is OCCOCCNC1CCCc2cc(SC(F)F)ccc21. The highest BCUT2D eigenvalue weighted by molar-refractivity contribution is 7.99. The van der Waals surface area contributed by atoms with Crippen LogP contribution in [0.4, 0.5) is 8.78 Å². The molecule has 1 aliphatic carbocycles. The molecule has 0 amide bonds. The molecule has 0 radical (unpaired) electrons. The van der Waals surface area contributed by atoms with Crippen molar-refractivity contribution in [3.05, 3.63) is 29.3 Å². The molecule has 0 spiro atoms. The van der Waals surface area contributed by atoms with Crippen molar-refractivity contribution in [2.24, 2.45) is 0 Å². The van der Waals surface area contributed by atoms with Crippen LogP contribution in [0.1, 0.15) is 30.0 Å². The summed E-state index contributed by atoms with van der Waals surface area (Å²) in [6.45, 7) is 1.68. The fourth-order valence-electron chi connectivity index (χ4n) is 2.65. The van der Waals surface area contributed by atoms with Gasteiger partial charge in [0.15, 0.2) is 0 Å². The number of aliphatic hydroxyl groups is 1. The quantitative estimate of drug-likeness (QED) is 0.571. The maximum Gasteiger partial charge on any atom is 0.288 e. The van der Waals surface area contributed by atoms with Gasteiger partial charge in [-0.15, -0.1) is 0 Å². The molecular weight excluding hydrogens is 296 g/mol. The smallest absolute Gasteiger partial charge is 0.288 e. The van der Waals surface area contributed by atoms with E-state index in [1.165, 1.54) is 11.1 Å². The van der Waals surface area contributed by atoms with Crippen LogP contribution >= 0.6 is 11.8 Å². The molecule has 2 rings (SSSR count). The summed E-state index contributed by atoms with van der Waals surface area (Å²) in [6.07, 6.45) is 3.06. The molecule has 0 heterocycles. The van der Waals surface area contributed by atoms with Gasteiger partial charge >= 0.3 is 0 Å². The van der Waals surface area contributed by atoms with E-state index in [9.17, 15) is 8.78 Å². The molecule has 6 heteroatoms. The van der Waals surface area contributed by atoms with Crippen molar-refractivity contribution >= 4 is 11.8 Å². The number of thioether (sulfide) groups is 1. The minimum Gasteiger partial charge on any atom is -0.394 e. The zero-order valence-electron chi connectivity index (χ0n) is 11.9. The number of rotatable bonds is 8. The normalized spacial score (nSPS) is 18.0. The predicted molar refractivity (Wildman–Crippen MR) is 79.9 cm³/mol. The van der Waals surface area contributed by atoms with Crippen molar-refractivity contribution in [2.45, 2.75) is 36.0 Å². The second kappa shape index (κ2) is 8.68. The largest absolute Gasteiger partial charge is 0.394 e. The summed E-state index contributed by atoms with van der Waals surface area (Å²) in [7, 11) is 0. The topological polar surface area (TPSA) is 41.5 Å². The zero-order valence-corrected chi connectivity index (χ0v) is 12.7. The van der Waals surface area contributed by atoms with E-state index < -0.39 is 5.76 Å². The van der Waals surface area contributed by atoms with Gasteiger partial charge in [-0.05, 0) is 42.5 Å². The summed E-state index contributed by atoms with van der Waals surface area (Å²) in [4.78, 5) is 0.635. The molecule has 3 nitrogen and oxygen atoms in total. The van der Waals surface area contributed by atoms with Crippen LogP contribution in [0.25, 0.3) is 0 Å². The van der Waals surface area contributed by atoms with Gasteiger partial charge in [-0.2, -0.15) is 8.78 Å². The van der Waals surface area contributed by atoms with Crippen LogP contribution in [0.5, 0.6) is 0 Å². The van der Waals surface area contributed by atoms with Crippen LogP contribution in [0.3, 0.4) is 0 Å². The Bertz CT molecular complexity index is 446. The van der Waals surface area contributed by atoms with E-state index in [-0.39, 0.29) is 12.6 Å². The molecule has 2 N–H and O–H groups in total. The van der Waals surface area contributed by atoms with E-state index in [2.05, 4.69) is 5.32 Å². The highest BCUT2D eigenvalue weighted by Crippen LogP contribution is 2.34. The molecule has 1 aliphatic rings. The fraction of sp³-hybridized carbons (Fsp3) is 0.600. The summed E-state index contributed by atoms with van der Waals surface area (Å²) in [5, 5.41) is 12.1. The number of hydrogen-bond donors (Lipinski definition) is 2. The first-order valence-electron chi connectivity index (χ1n) is 7.20. The van der Waals surface area contributed by atoms with Crippen molar-refractivity contribution in [1.29, 1.82) is 0 Å². The third-order valence-electron chi connectivity index (χ3n) is 3.53. The van der Waals surface area contributed by atoms with E-state index in [1.54, 1.807) is 6.07 Å². The lowest BCUT2D eigenvalue weighted by molar-refractivity contribution is 0.0922. The summed E-state index contributed by atoms with van der Waals surface area (Å²) in [5.74, 6) is -2.37. The monoisotopic (exact) mass is 317 g/mol. The first-order chi connectivity index (χ1) is 10.2. The van der Waals surface area contributed by atoms with Gasteiger partial charge in [0.25, 0.3) is 5.76 Å². The molecule has 118 valence electrons. The molecule has 1 unspecified atom stereocenters. The van der Waals surface area contributed by atoms with Gasteiger partial charge in [0.2, 0.25) is 0 Å². The number of ether oxygens (including phenoxy) is 1. The number of alkyl halides is 2. The number of nitrogens with one attached hydrogen (secondary N) is 1. The van der Waals surface area contributed by atoms with E-state index in [0.717, 1.165) is 25.8 Å². The predicted octanol–water partition coefficient (Wildman–Crippen LogP) is 2.98. The maximum absolute atomic E-state index is 12.4. The minimum absolute atomic E-state index is 0.0385. The zero-order chi connectivity index (χ0) is 15.1. The Labute approximate surface area is 128 Å². The van der Waals surface area contributed by atoms with Crippen LogP contribution in [0.2, 0.25) is 0 Å². The number of hydrogen-bond acceptors (Lipinski definition) is 4. The molecule has 0 saturated heterocycles. The van der Waals surface area contributed by atoms with Gasteiger partial charge in [-0.25, -0.2) is 0 Å². The number of fused-ring (bicyclic) bond motifs is 1. The molecule has 21 heavy (non-hydrogen) atoms. The Kier molecular flexibility index (Phi) is 6.89. The highest BCUT2D eigenvalue weighted by atomic mass is 32.2. The van der Waals surface area contributed by atoms with E-state index >= 15 is 0 Å². The van der Waals surface area contributed by atoms with Crippen molar-refractivity contribution in [2.75, 3.05) is 26.4 Å². The van der Waals surface area contributed by atoms with E-state index in [4.69, 9.17) is 9.84 Å². The van der Waals surface area contributed by atoms with Crippen molar-refractivity contribution in [3.8, 4) is 0 Å². The van der Waals surface area contributed by atoms with Crippen LogP contribution in [-0.2, 0) is 11.2 Å². The van der Waals surface area contributed by atoms with Gasteiger partial charge in [-0.1, -0.05) is 17.8 Å². The lowest BCUT2D eigenvalue weighted by atomic mass is 9.88. The first kappa shape index (κ1) is 16.7. The van der Waals surface area contributed by atoms with Gasteiger partial charge in [0, 0.05) is 17.5 Å². The van der Waals surface area contributed by atoms with E-state index in [0.29, 0.717) is 29.9 Å². The lowest BCUT2D eigenvalue weighted by Crippen LogP contribution is -2.28. The van der Waals surface area contributed by atoms with Crippen molar-refractivity contribution < 1.29 is 18.6 Å². The molecule has 1 atom stereocenters. The molecule has 0 aromatic heterocycles. The summed E-state index contributed by atoms with van der Waals surface area (Å²) in [5.41, 5.74) is 2.38. The second-order valence-electron chi connectivity index (χ2n) is 4.97. The van der Waals surface area contributed by atoms with Crippen LogP contribution in [0, 0.1) is 0 Å². The average molecular weight is 317 g/mol. The molecule has 0 saturated carbocycles. The number of halogens is 2. The Balaban J connectivity index is 1.92. The van der Waals surface area contributed by atoms with Crippen LogP contribution < -0.4 is 5.32 Å². The fourth-order valence-corrected chi connectivity index (χ4v) is 3.21. The van der Waals surface area contributed by atoms with Crippen molar-refractivity contribution in [3.63, 3.8) is 0 Å². The summed E-state index contributed by atoms with van der Waals surface area (Å²) in [6, 6.07) is 5.89. The summed E-state index contributed by atoms with van der Waals surface area (Å²) < 4.78 is 30.1. The Hall–Kier alpha value is -0.690. The Morgan fingerprint density at radius 2 is 2.24 bits per heavy atom. The highest BCUT2D eigenvalue weighted by Gasteiger charge is 2.20. The van der Waals surface area contributed by atoms with Gasteiger partial charge < -0.3 is 15.2 Å². The summed E-state index contributed by atoms with van der Waals surface area (Å²) >= 11 is 0.602. The second-order valence-corrected chi connectivity index (χ2v) is 6.04. The Morgan fingerprint density at radius 1 is 1.38 bits per heavy atom. The molecule has 1 aromatic rings. The Morgan fingerprint density at radius 3 is 3.00 bits per heavy atom. The van der Waals surface area contributed by atoms with Crippen LogP contribution in [-0.4, -0.2) is 37.2 Å². The maximum atomic E-state index is 12.4. The third-order valence-corrected chi connectivity index (χ3v) is 4.23. The number of aryl methyl sites for hydroxylation is 1. The van der Waals surface area contributed by atoms with Gasteiger partial charge in [0.1, 0.15) is 0 Å². The van der Waals surface area contributed by atoms with E-state index in [1.807, 2.05) is 12.1 Å². The third kappa shape index (κ3) is 5.21. The standard InChI is InChI=1S/C15H21F2NO2S/c16-15(17)21-12-4-5-13-11(10-12)2-1-3-14(13)18-6-8-20-9-7-19/h4-5,10,14-15,18-19H,1-3,6-9H2.